The first kappa shape index (κ1) is 18.1. The smallest absolute Gasteiger partial charge is 0.350 e. The highest BCUT2D eigenvalue weighted by atomic mass is 16.5. The van der Waals surface area contributed by atoms with Gasteiger partial charge >= 0.3 is 5.69 Å². The number of carbonyl (C=O) groups excluding carboxylic acids is 1. The third-order valence-electron chi connectivity index (χ3n) is 5.10. The summed E-state index contributed by atoms with van der Waals surface area (Å²) in [4.78, 5) is 31.7. The van der Waals surface area contributed by atoms with E-state index in [0.29, 0.717) is 29.6 Å². The zero-order chi connectivity index (χ0) is 20.7. The molecule has 1 aromatic carbocycles. The number of benzene rings is 1. The molecule has 0 saturated carbocycles. The number of carbonyl (C=O) groups is 1. The van der Waals surface area contributed by atoms with Gasteiger partial charge in [-0.25, -0.2) is 18.9 Å². The van der Waals surface area contributed by atoms with Crippen LogP contribution in [0.15, 0.2) is 52.0 Å². The monoisotopic (exact) mass is 405 g/mol. The van der Waals surface area contributed by atoms with Crippen molar-refractivity contribution in [1.29, 1.82) is 0 Å². The molecular formula is C20H19N7O3. The van der Waals surface area contributed by atoms with Crippen LogP contribution < -0.4 is 15.9 Å². The molecule has 0 saturated heterocycles. The Morgan fingerprint density at radius 1 is 1.27 bits per heavy atom. The fourth-order valence-corrected chi connectivity index (χ4v) is 3.68. The van der Waals surface area contributed by atoms with E-state index in [1.54, 1.807) is 25.4 Å². The Balaban J connectivity index is 1.43. The summed E-state index contributed by atoms with van der Waals surface area (Å²) in [5.41, 5.74) is 2.57. The average Bonchev–Trinajstić information content (AvgIpc) is 3.30. The molecule has 30 heavy (non-hydrogen) atoms. The lowest BCUT2D eigenvalue weighted by atomic mass is 10.00. The minimum atomic E-state index is -0.421. The van der Waals surface area contributed by atoms with Crippen molar-refractivity contribution in [2.24, 2.45) is 0 Å². The van der Waals surface area contributed by atoms with Crippen molar-refractivity contribution in [3.8, 4) is 0 Å². The molecule has 3 aromatic heterocycles. The Morgan fingerprint density at radius 3 is 2.90 bits per heavy atom. The molecule has 0 fully saturated rings. The first-order valence-electron chi connectivity index (χ1n) is 9.57. The molecule has 1 amide bonds. The molecule has 10 heteroatoms. The third-order valence-corrected chi connectivity index (χ3v) is 5.10. The van der Waals surface area contributed by atoms with E-state index >= 15 is 0 Å². The second-order valence-corrected chi connectivity index (χ2v) is 7.20. The Kier molecular flexibility index (Phi) is 4.31. The van der Waals surface area contributed by atoms with Gasteiger partial charge in [0, 0.05) is 31.5 Å². The summed E-state index contributed by atoms with van der Waals surface area (Å²) in [5, 5.41) is 10.7. The fourth-order valence-electron chi connectivity index (χ4n) is 3.68. The Bertz CT molecular complexity index is 1300. The highest BCUT2D eigenvalue weighted by Gasteiger charge is 2.22. The number of anilines is 2. The molecule has 0 radical (unpaired) electrons. The summed E-state index contributed by atoms with van der Waals surface area (Å²) < 4.78 is 7.47. The maximum atomic E-state index is 12.8. The molecule has 0 spiro atoms. The Hall–Kier alpha value is -3.95. The minimum Gasteiger partial charge on any atom is -0.360 e. The molecule has 0 atom stereocenters. The van der Waals surface area contributed by atoms with E-state index in [2.05, 4.69) is 37.6 Å². The van der Waals surface area contributed by atoms with Crippen molar-refractivity contribution >= 4 is 23.2 Å². The van der Waals surface area contributed by atoms with Crippen LogP contribution in [-0.2, 0) is 24.3 Å². The van der Waals surface area contributed by atoms with E-state index in [4.69, 9.17) is 4.52 Å². The maximum absolute atomic E-state index is 12.8. The summed E-state index contributed by atoms with van der Waals surface area (Å²) >= 11 is 0. The van der Waals surface area contributed by atoms with Crippen LogP contribution in [0.3, 0.4) is 0 Å². The molecular weight excluding hydrogens is 386 g/mol. The molecule has 1 aliphatic rings. The van der Waals surface area contributed by atoms with E-state index in [0.717, 1.165) is 17.6 Å². The standard InChI is InChI=1S/C20H19N7O3/c1-13-10-16(24-30-13)22-17(28)12-27-20(29)26-9-7-21-18(19(26)23-27)25-8-6-14-4-2-3-5-15(14)11-25/h2-5,7,9-10H,6,8,11-12H2,1H3,(H,22,24,28). The van der Waals surface area contributed by atoms with Crippen LogP contribution in [0.4, 0.5) is 11.6 Å². The molecule has 1 aliphatic heterocycles. The van der Waals surface area contributed by atoms with Gasteiger partial charge in [-0.1, -0.05) is 29.4 Å². The van der Waals surface area contributed by atoms with Crippen LogP contribution in [0, 0.1) is 6.92 Å². The zero-order valence-electron chi connectivity index (χ0n) is 16.3. The van der Waals surface area contributed by atoms with Crippen LogP contribution in [0.2, 0.25) is 0 Å². The topological polar surface area (TPSA) is 111 Å². The highest BCUT2D eigenvalue weighted by Crippen LogP contribution is 2.24. The number of nitrogens with one attached hydrogen (secondary N) is 1. The summed E-state index contributed by atoms with van der Waals surface area (Å²) in [5.74, 6) is 1.07. The second-order valence-electron chi connectivity index (χ2n) is 7.20. The summed E-state index contributed by atoms with van der Waals surface area (Å²) in [7, 11) is 0. The first-order valence-corrected chi connectivity index (χ1v) is 9.57. The fraction of sp³-hybridized carbons (Fsp3) is 0.250. The van der Waals surface area contributed by atoms with E-state index in [9.17, 15) is 9.59 Å². The number of aryl methyl sites for hydroxylation is 1. The molecule has 10 nitrogen and oxygen atoms in total. The van der Waals surface area contributed by atoms with Gasteiger partial charge in [0.05, 0.1) is 0 Å². The van der Waals surface area contributed by atoms with E-state index in [-0.39, 0.29) is 6.54 Å². The van der Waals surface area contributed by atoms with E-state index in [1.807, 2.05) is 12.1 Å². The predicted octanol–water partition coefficient (Wildman–Crippen LogP) is 1.39. The molecule has 0 bridgehead atoms. The molecule has 0 aliphatic carbocycles. The van der Waals surface area contributed by atoms with Gasteiger partial charge in [-0.3, -0.25) is 4.79 Å². The first-order chi connectivity index (χ1) is 14.6. The van der Waals surface area contributed by atoms with Crippen molar-refractivity contribution < 1.29 is 9.32 Å². The van der Waals surface area contributed by atoms with Crippen LogP contribution in [0.25, 0.3) is 5.65 Å². The SMILES string of the molecule is Cc1cc(NC(=O)Cn2nc3c(N4CCc5ccccc5C4)nccn3c2=O)no1. The van der Waals surface area contributed by atoms with Gasteiger partial charge in [0.15, 0.2) is 11.6 Å². The lowest BCUT2D eigenvalue weighted by molar-refractivity contribution is -0.117. The number of hydrogen-bond donors (Lipinski definition) is 1. The number of nitrogens with zero attached hydrogens (tertiary/aromatic N) is 6. The molecule has 5 rings (SSSR count). The van der Waals surface area contributed by atoms with Gasteiger partial charge in [0.1, 0.15) is 12.3 Å². The van der Waals surface area contributed by atoms with Crippen LogP contribution in [0.1, 0.15) is 16.9 Å². The quantitative estimate of drug-likeness (QED) is 0.546. The molecule has 4 aromatic rings. The summed E-state index contributed by atoms with van der Waals surface area (Å²) in [6.45, 7) is 2.95. The lowest BCUT2D eigenvalue weighted by Crippen LogP contribution is -2.31. The van der Waals surface area contributed by atoms with Crippen molar-refractivity contribution in [3.63, 3.8) is 0 Å². The van der Waals surface area contributed by atoms with Crippen molar-refractivity contribution in [2.45, 2.75) is 26.4 Å². The number of aromatic nitrogens is 5. The summed E-state index contributed by atoms with van der Waals surface area (Å²) in [6.07, 6.45) is 4.03. The van der Waals surface area contributed by atoms with Crippen LogP contribution >= 0.6 is 0 Å². The number of rotatable bonds is 4. The highest BCUT2D eigenvalue weighted by molar-refractivity contribution is 5.89. The van der Waals surface area contributed by atoms with Crippen molar-refractivity contribution in [2.75, 3.05) is 16.8 Å². The second kappa shape index (κ2) is 7.14. The van der Waals surface area contributed by atoms with E-state index in [1.165, 1.54) is 15.5 Å². The summed E-state index contributed by atoms with van der Waals surface area (Å²) in [6, 6.07) is 9.89. The van der Waals surface area contributed by atoms with E-state index < -0.39 is 11.6 Å². The Morgan fingerprint density at radius 2 is 2.10 bits per heavy atom. The Labute approximate surface area is 170 Å². The third kappa shape index (κ3) is 3.21. The van der Waals surface area contributed by atoms with Gasteiger partial charge in [-0.05, 0) is 24.5 Å². The molecule has 4 heterocycles. The zero-order valence-corrected chi connectivity index (χ0v) is 16.3. The largest absolute Gasteiger partial charge is 0.360 e. The van der Waals surface area contributed by atoms with Gasteiger partial charge in [0.25, 0.3) is 0 Å². The minimum absolute atomic E-state index is 0.241. The van der Waals surface area contributed by atoms with Gasteiger partial charge in [-0.15, -0.1) is 5.10 Å². The maximum Gasteiger partial charge on any atom is 0.350 e. The number of amides is 1. The van der Waals surface area contributed by atoms with Crippen molar-refractivity contribution in [1.82, 2.24) is 24.3 Å². The normalized spacial score (nSPS) is 13.4. The van der Waals surface area contributed by atoms with Crippen LogP contribution in [0.5, 0.6) is 0 Å². The van der Waals surface area contributed by atoms with Gasteiger partial charge in [0.2, 0.25) is 11.6 Å². The number of hydrogen-bond acceptors (Lipinski definition) is 7. The van der Waals surface area contributed by atoms with Gasteiger partial charge < -0.3 is 14.7 Å². The molecule has 152 valence electrons. The van der Waals surface area contributed by atoms with Crippen molar-refractivity contribution in [3.05, 3.63) is 70.1 Å². The molecule has 1 N–H and O–H groups in total. The molecule has 0 unspecified atom stereocenters. The van der Waals surface area contributed by atoms with Gasteiger partial charge in [-0.2, -0.15) is 0 Å². The van der Waals surface area contributed by atoms with Crippen LogP contribution in [-0.4, -0.2) is 36.8 Å². The predicted molar refractivity (Wildman–Crippen MR) is 108 cm³/mol. The number of fused-ring (bicyclic) bond motifs is 2. The average molecular weight is 405 g/mol. The lowest BCUT2D eigenvalue weighted by Gasteiger charge is -2.29.